The Hall–Kier alpha value is -2.05. The lowest BCUT2D eigenvalue weighted by molar-refractivity contribution is 0.457. The number of allylic oxidation sites excluding steroid dienone is 2. The molecule has 0 N–H and O–H groups in total. The van der Waals surface area contributed by atoms with Crippen LogP contribution in [-0.2, 0) is 8.85 Å². The summed E-state index contributed by atoms with van der Waals surface area (Å²) in [5, 5.41) is 0.361. The van der Waals surface area contributed by atoms with Crippen LogP contribution in [0, 0.1) is 0 Å². The van der Waals surface area contributed by atoms with Crippen molar-refractivity contribution in [2.75, 3.05) is 0 Å². The second-order valence-electron chi connectivity index (χ2n) is 13.8. The summed E-state index contributed by atoms with van der Waals surface area (Å²) in [5.41, 5.74) is 5.41. The van der Waals surface area contributed by atoms with E-state index >= 15 is 0 Å². The van der Waals surface area contributed by atoms with Gasteiger partial charge in [-0.3, -0.25) is 0 Å². The largest absolute Gasteiger partial charge is 0.543 e. The van der Waals surface area contributed by atoms with Crippen molar-refractivity contribution in [1.29, 1.82) is 0 Å². The highest BCUT2D eigenvalue weighted by Crippen LogP contribution is 2.48. The molecule has 4 heteroatoms. The fourth-order valence-corrected chi connectivity index (χ4v) is 6.75. The van der Waals surface area contributed by atoms with Gasteiger partial charge in [0, 0.05) is 23.0 Å². The van der Waals surface area contributed by atoms with E-state index in [0.717, 1.165) is 24.4 Å². The van der Waals surface area contributed by atoms with Gasteiger partial charge in [0.05, 0.1) is 0 Å². The molecule has 2 aliphatic carbocycles. The van der Waals surface area contributed by atoms with Crippen LogP contribution in [0.4, 0.5) is 0 Å². The lowest BCUT2D eigenvalue weighted by atomic mass is 9.89. The smallest absolute Gasteiger partial charge is 0.250 e. The molecule has 36 heavy (non-hydrogen) atoms. The average molecular weight is 519 g/mol. The van der Waals surface area contributed by atoms with E-state index in [1.165, 1.54) is 22.3 Å². The van der Waals surface area contributed by atoms with Crippen LogP contribution in [0.25, 0.3) is 11.5 Å². The molecule has 0 unspecified atom stereocenters. The zero-order valence-electron chi connectivity index (χ0n) is 24.2. The first-order valence-electron chi connectivity index (χ1n) is 13.6. The topological polar surface area (TPSA) is 18.5 Å². The van der Waals surface area contributed by atoms with Crippen LogP contribution in [0.15, 0.2) is 60.7 Å². The molecule has 194 valence electrons. The SMILES string of the molecule is CC(C)(C)[Si](C)(C)OC1=C[C@H](CC[C@H]2C=C(O[Si](C)(C)C(C)(C)C)c3ccccc32)c2ccccc21. The minimum absolute atomic E-state index is 0.180. The summed E-state index contributed by atoms with van der Waals surface area (Å²) in [6, 6.07) is 17.7. The van der Waals surface area contributed by atoms with Gasteiger partial charge >= 0.3 is 0 Å². The number of hydrogen-bond donors (Lipinski definition) is 0. The highest BCUT2D eigenvalue weighted by atomic mass is 28.4. The molecule has 0 spiro atoms. The van der Waals surface area contributed by atoms with Crippen molar-refractivity contribution in [2.24, 2.45) is 0 Å². The fourth-order valence-electron chi connectivity index (χ4n) is 4.68. The number of rotatable bonds is 7. The summed E-state index contributed by atoms with van der Waals surface area (Å²) in [4.78, 5) is 0. The molecule has 2 nitrogen and oxygen atoms in total. The molecule has 0 saturated carbocycles. The van der Waals surface area contributed by atoms with Gasteiger partial charge in [0.2, 0.25) is 16.6 Å². The van der Waals surface area contributed by atoms with E-state index in [2.05, 4.69) is 128 Å². The Morgan fingerprint density at radius 3 is 1.25 bits per heavy atom. The van der Waals surface area contributed by atoms with Gasteiger partial charge in [-0.05, 0) is 72.4 Å². The van der Waals surface area contributed by atoms with Gasteiger partial charge in [-0.25, -0.2) is 0 Å². The zero-order chi connectivity index (χ0) is 26.5. The third-order valence-electron chi connectivity index (χ3n) is 9.09. The molecule has 0 aromatic heterocycles. The summed E-state index contributed by atoms with van der Waals surface area (Å²) in [6.07, 6.45) is 7.01. The molecular formula is C32H46O2Si2. The molecule has 2 aromatic rings. The van der Waals surface area contributed by atoms with Crippen LogP contribution in [0.2, 0.25) is 36.3 Å². The first-order valence-corrected chi connectivity index (χ1v) is 19.4. The molecule has 0 aliphatic heterocycles. The molecule has 0 bridgehead atoms. The summed E-state index contributed by atoms with van der Waals surface area (Å²) >= 11 is 0. The van der Waals surface area contributed by atoms with Crippen LogP contribution in [0.3, 0.4) is 0 Å². The first kappa shape index (κ1) is 27.0. The normalized spacial score (nSPS) is 19.9. The Balaban J connectivity index is 1.56. The van der Waals surface area contributed by atoms with Gasteiger partial charge in [-0.1, -0.05) is 90.1 Å². The van der Waals surface area contributed by atoms with Crippen LogP contribution in [0.1, 0.15) is 88.5 Å². The molecule has 0 fully saturated rings. The predicted molar refractivity (Wildman–Crippen MR) is 160 cm³/mol. The highest BCUT2D eigenvalue weighted by molar-refractivity contribution is 6.75. The molecule has 2 aromatic carbocycles. The van der Waals surface area contributed by atoms with E-state index < -0.39 is 16.6 Å². The van der Waals surface area contributed by atoms with Crippen molar-refractivity contribution < 1.29 is 8.85 Å². The van der Waals surface area contributed by atoms with Gasteiger partial charge in [0.25, 0.3) is 0 Å². The highest BCUT2D eigenvalue weighted by Gasteiger charge is 2.42. The van der Waals surface area contributed by atoms with E-state index in [-0.39, 0.29) is 10.1 Å². The minimum Gasteiger partial charge on any atom is -0.543 e. The van der Waals surface area contributed by atoms with Crippen LogP contribution < -0.4 is 0 Å². The Morgan fingerprint density at radius 1 is 0.583 bits per heavy atom. The van der Waals surface area contributed by atoms with E-state index in [0.29, 0.717) is 11.8 Å². The summed E-state index contributed by atoms with van der Waals surface area (Å²) < 4.78 is 13.6. The van der Waals surface area contributed by atoms with Crippen LogP contribution in [-0.4, -0.2) is 16.6 Å². The van der Waals surface area contributed by atoms with Crippen molar-refractivity contribution in [3.05, 3.63) is 82.9 Å². The van der Waals surface area contributed by atoms with Crippen molar-refractivity contribution in [1.82, 2.24) is 0 Å². The third kappa shape index (κ3) is 5.17. The molecule has 0 amide bonds. The van der Waals surface area contributed by atoms with Crippen molar-refractivity contribution in [3.63, 3.8) is 0 Å². The maximum Gasteiger partial charge on any atom is 0.250 e. The van der Waals surface area contributed by atoms with Crippen molar-refractivity contribution in [3.8, 4) is 0 Å². The van der Waals surface area contributed by atoms with E-state index in [9.17, 15) is 0 Å². The Morgan fingerprint density at radius 2 is 0.917 bits per heavy atom. The Bertz CT molecular complexity index is 1080. The van der Waals surface area contributed by atoms with E-state index in [1.54, 1.807) is 0 Å². The second-order valence-corrected chi connectivity index (χ2v) is 23.2. The zero-order valence-corrected chi connectivity index (χ0v) is 26.2. The van der Waals surface area contributed by atoms with Gasteiger partial charge in [0.15, 0.2) is 0 Å². The lowest BCUT2D eigenvalue weighted by Gasteiger charge is -2.37. The van der Waals surface area contributed by atoms with E-state index in [1.807, 2.05) is 0 Å². The second kappa shape index (κ2) is 9.36. The Labute approximate surface area is 222 Å². The monoisotopic (exact) mass is 518 g/mol. The van der Waals surface area contributed by atoms with Crippen LogP contribution in [0.5, 0.6) is 0 Å². The van der Waals surface area contributed by atoms with Gasteiger partial charge in [0.1, 0.15) is 11.5 Å². The van der Waals surface area contributed by atoms with Crippen LogP contribution >= 0.6 is 0 Å². The van der Waals surface area contributed by atoms with Crippen molar-refractivity contribution >= 4 is 28.2 Å². The Kier molecular flexibility index (Phi) is 7.02. The lowest BCUT2D eigenvalue weighted by Crippen LogP contribution is -2.40. The quantitative estimate of drug-likeness (QED) is 0.339. The van der Waals surface area contributed by atoms with Gasteiger partial charge in [-0.15, -0.1) is 0 Å². The molecule has 2 atom stereocenters. The average Bonchev–Trinajstić information content (AvgIpc) is 3.28. The summed E-state index contributed by atoms with van der Waals surface area (Å²) in [5.74, 6) is 3.00. The first-order chi connectivity index (χ1) is 16.6. The standard InChI is InChI=1S/C32H46O2Si2/c1-31(2,3)35(7,8)33-29-21-23(25-15-11-13-17-27(25)29)19-20-24-22-30(28-18-14-12-16-26(24)28)34-36(9,10)32(4,5)6/h11-18,21-24H,19-20H2,1-10H3/t23-,24-/m0/s1. The summed E-state index contributed by atoms with van der Waals surface area (Å²) in [6.45, 7) is 23.2. The van der Waals surface area contributed by atoms with E-state index in [4.69, 9.17) is 8.85 Å². The minimum atomic E-state index is -1.90. The summed E-state index contributed by atoms with van der Waals surface area (Å²) in [7, 11) is -3.80. The number of benzene rings is 2. The van der Waals surface area contributed by atoms with Crippen molar-refractivity contribution in [2.45, 2.75) is 102 Å². The van der Waals surface area contributed by atoms with Gasteiger partial charge in [-0.2, -0.15) is 0 Å². The number of hydrogen-bond acceptors (Lipinski definition) is 2. The maximum atomic E-state index is 6.82. The maximum absolute atomic E-state index is 6.82. The fraction of sp³-hybridized carbons (Fsp3) is 0.500. The molecule has 0 radical (unpaired) electrons. The third-order valence-corrected chi connectivity index (χ3v) is 17.8. The molecule has 4 rings (SSSR count). The molecule has 0 saturated heterocycles. The predicted octanol–water partition coefficient (Wildman–Crippen LogP) is 10.1. The van der Waals surface area contributed by atoms with Gasteiger partial charge < -0.3 is 8.85 Å². The molecule has 2 aliphatic rings. The molecular weight excluding hydrogens is 473 g/mol. The molecule has 0 heterocycles. The number of fused-ring (bicyclic) bond motifs is 2.